The van der Waals surface area contributed by atoms with Crippen LogP contribution in [0.5, 0.6) is 0 Å². The minimum absolute atomic E-state index is 0.633. The number of anilines is 1. The Kier molecular flexibility index (Phi) is 3.33. The van der Waals surface area contributed by atoms with E-state index >= 15 is 0 Å². The van der Waals surface area contributed by atoms with Crippen LogP contribution in [0, 0.1) is 0 Å². The zero-order chi connectivity index (χ0) is 14.2. The number of aromatic nitrogens is 4. The van der Waals surface area contributed by atoms with Gasteiger partial charge in [0.25, 0.3) is 0 Å². The van der Waals surface area contributed by atoms with Crippen LogP contribution in [0.3, 0.4) is 0 Å². The van der Waals surface area contributed by atoms with E-state index in [-0.39, 0.29) is 0 Å². The average molecular weight is 301 g/mol. The Morgan fingerprint density at radius 3 is 2.86 bits per heavy atom. The van der Waals surface area contributed by atoms with Gasteiger partial charge >= 0.3 is 0 Å². The fraction of sp³-hybridized carbons (Fsp3) is 0.533. The molecule has 2 saturated carbocycles. The maximum Gasteiger partial charge on any atom is 0.196 e. The first-order valence-corrected chi connectivity index (χ1v) is 8.49. The summed E-state index contributed by atoms with van der Waals surface area (Å²) >= 11 is 1.70. The predicted molar refractivity (Wildman–Crippen MR) is 82.8 cm³/mol. The van der Waals surface area contributed by atoms with E-state index in [2.05, 4.69) is 38.1 Å². The van der Waals surface area contributed by atoms with Gasteiger partial charge in [0, 0.05) is 29.6 Å². The van der Waals surface area contributed by atoms with Gasteiger partial charge in [0.05, 0.1) is 0 Å². The van der Waals surface area contributed by atoms with E-state index in [0.29, 0.717) is 12.0 Å². The second-order valence-electron chi connectivity index (χ2n) is 5.73. The molecule has 0 atom stereocenters. The van der Waals surface area contributed by atoms with Crippen LogP contribution in [0.4, 0.5) is 5.82 Å². The number of nitrogens with zero attached hydrogens (tertiary/aromatic N) is 4. The second kappa shape index (κ2) is 5.33. The minimum Gasteiger partial charge on any atom is -0.370 e. The topological polar surface area (TPSA) is 55.6 Å². The molecule has 4 rings (SSSR count). The summed E-state index contributed by atoms with van der Waals surface area (Å²) < 4.78 is 2.38. The van der Waals surface area contributed by atoms with Crippen molar-refractivity contribution in [1.29, 1.82) is 0 Å². The Hall–Kier alpha value is -1.56. The van der Waals surface area contributed by atoms with Gasteiger partial charge in [-0.05, 0) is 56.5 Å². The highest BCUT2D eigenvalue weighted by Gasteiger charge is 2.36. The Labute approximate surface area is 128 Å². The van der Waals surface area contributed by atoms with Gasteiger partial charge in [-0.2, -0.15) is 0 Å². The molecule has 1 N–H and O–H groups in total. The Morgan fingerprint density at radius 2 is 2.14 bits per heavy atom. The second-order valence-corrected chi connectivity index (χ2v) is 6.77. The van der Waals surface area contributed by atoms with Crippen molar-refractivity contribution >= 4 is 17.6 Å². The zero-order valence-corrected chi connectivity index (χ0v) is 12.9. The minimum atomic E-state index is 0.633. The van der Waals surface area contributed by atoms with Crippen molar-refractivity contribution in [3.05, 3.63) is 24.2 Å². The third kappa shape index (κ3) is 2.77. The van der Waals surface area contributed by atoms with Gasteiger partial charge in [-0.1, -0.05) is 0 Å². The van der Waals surface area contributed by atoms with Gasteiger partial charge in [-0.15, -0.1) is 10.2 Å². The van der Waals surface area contributed by atoms with Crippen molar-refractivity contribution in [3.63, 3.8) is 0 Å². The van der Waals surface area contributed by atoms with Gasteiger partial charge in [0.2, 0.25) is 0 Å². The molecule has 0 spiro atoms. The van der Waals surface area contributed by atoms with E-state index < -0.39 is 0 Å². The molecule has 0 bridgehead atoms. The molecule has 21 heavy (non-hydrogen) atoms. The summed E-state index contributed by atoms with van der Waals surface area (Å²) in [6.45, 7) is 2.96. The highest BCUT2D eigenvalue weighted by Crippen LogP contribution is 2.46. The van der Waals surface area contributed by atoms with Crippen LogP contribution in [-0.4, -0.2) is 26.3 Å². The van der Waals surface area contributed by atoms with Crippen LogP contribution in [0.25, 0.3) is 0 Å². The summed E-state index contributed by atoms with van der Waals surface area (Å²) in [5.74, 6) is 2.78. The van der Waals surface area contributed by atoms with Crippen LogP contribution in [0.2, 0.25) is 0 Å². The Bertz CT molecular complexity index is 645. The molecule has 0 unspecified atom stereocenters. The fourth-order valence-electron chi connectivity index (χ4n) is 2.51. The van der Waals surface area contributed by atoms with Crippen molar-refractivity contribution in [1.82, 2.24) is 19.7 Å². The molecule has 0 saturated heterocycles. The van der Waals surface area contributed by atoms with Crippen molar-refractivity contribution in [2.75, 3.05) is 11.9 Å². The summed E-state index contributed by atoms with van der Waals surface area (Å²) in [5, 5.41) is 13.2. The van der Waals surface area contributed by atoms with Crippen LogP contribution in [-0.2, 0) is 0 Å². The van der Waals surface area contributed by atoms with Crippen LogP contribution < -0.4 is 5.32 Å². The Morgan fingerprint density at radius 1 is 1.29 bits per heavy atom. The lowest BCUT2D eigenvalue weighted by atomic mass is 10.4. The van der Waals surface area contributed by atoms with Gasteiger partial charge in [0.1, 0.15) is 11.6 Å². The number of hydrogen-bond acceptors (Lipinski definition) is 5. The third-order valence-corrected chi connectivity index (χ3v) is 4.79. The summed E-state index contributed by atoms with van der Waals surface area (Å²) in [6, 6.07) is 4.75. The quantitative estimate of drug-likeness (QED) is 0.885. The largest absolute Gasteiger partial charge is 0.370 e. The van der Waals surface area contributed by atoms with Crippen molar-refractivity contribution < 1.29 is 0 Å². The van der Waals surface area contributed by atoms with Gasteiger partial charge < -0.3 is 9.88 Å². The van der Waals surface area contributed by atoms with Gasteiger partial charge in [-0.25, -0.2) is 4.98 Å². The van der Waals surface area contributed by atoms with Gasteiger partial charge in [-0.3, -0.25) is 0 Å². The number of nitrogens with one attached hydrogen (secondary N) is 1. The van der Waals surface area contributed by atoms with Crippen molar-refractivity contribution in [2.45, 2.75) is 54.6 Å². The molecule has 2 aliphatic rings. The van der Waals surface area contributed by atoms with E-state index in [1.165, 1.54) is 31.5 Å². The van der Waals surface area contributed by atoms with E-state index in [1.54, 1.807) is 11.8 Å². The first-order chi connectivity index (χ1) is 10.3. The summed E-state index contributed by atoms with van der Waals surface area (Å²) in [7, 11) is 0. The SMILES string of the molecule is CCNc1cc(Sc2nnc(C3CC3)n2C2CC2)ccn1. The Balaban J connectivity index is 1.60. The molecule has 0 radical (unpaired) electrons. The number of pyridine rings is 1. The first-order valence-electron chi connectivity index (χ1n) is 7.67. The maximum absolute atomic E-state index is 4.46. The van der Waals surface area contributed by atoms with Crippen molar-refractivity contribution in [2.24, 2.45) is 0 Å². The van der Waals surface area contributed by atoms with E-state index in [1.807, 2.05) is 12.3 Å². The van der Waals surface area contributed by atoms with Gasteiger partial charge in [0.15, 0.2) is 5.16 Å². The smallest absolute Gasteiger partial charge is 0.196 e. The summed E-state index contributed by atoms with van der Waals surface area (Å²) in [5.41, 5.74) is 0. The maximum atomic E-state index is 4.46. The van der Waals surface area contributed by atoms with Crippen LogP contribution in [0.15, 0.2) is 28.4 Å². The molecule has 2 fully saturated rings. The lowest BCUT2D eigenvalue weighted by Crippen LogP contribution is -2.02. The summed E-state index contributed by atoms with van der Waals surface area (Å²) in [4.78, 5) is 5.48. The lowest BCUT2D eigenvalue weighted by molar-refractivity contribution is 0.627. The van der Waals surface area contributed by atoms with E-state index in [9.17, 15) is 0 Å². The van der Waals surface area contributed by atoms with Crippen LogP contribution in [0.1, 0.15) is 50.4 Å². The molecular weight excluding hydrogens is 282 g/mol. The molecular formula is C15H19N5S. The molecule has 0 aromatic carbocycles. The fourth-order valence-corrected chi connectivity index (χ4v) is 3.44. The molecule has 5 nitrogen and oxygen atoms in total. The van der Waals surface area contributed by atoms with E-state index in [0.717, 1.165) is 22.4 Å². The zero-order valence-electron chi connectivity index (χ0n) is 12.1. The first kappa shape index (κ1) is 13.1. The molecule has 2 aromatic heterocycles. The van der Waals surface area contributed by atoms with E-state index in [4.69, 9.17) is 0 Å². The highest BCUT2D eigenvalue weighted by molar-refractivity contribution is 7.99. The molecule has 0 aliphatic heterocycles. The lowest BCUT2D eigenvalue weighted by Gasteiger charge is -2.08. The molecule has 0 amide bonds. The monoisotopic (exact) mass is 301 g/mol. The highest BCUT2D eigenvalue weighted by atomic mass is 32.2. The predicted octanol–water partition coefficient (Wildman–Crippen LogP) is 3.47. The third-order valence-electron chi connectivity index (χ3n) is 3.84. The standard InChI is InChI=1S/C15H19N5S/c1-2-16-13-9-12(7-8-17-13)21-15-19-18-14(10-3-4-10)20(15)11-5-6-11/h7-11H,2-6H2,1H3,(H,16,17). The average Bonchev–Trinajstić information content (AvgIpc) is 3.40. The number of hydrogen-bond donors (Lipinski definition) is 1. The molecule has 2 aromatic rings. The van der Waals surface area contributed by atoms with Crippen LogP contribution >= 0.6 is 11.8 Å². The molecule has 110 valence electrons. The normalized spacial score (nSPS) is 18.0. The van der Waals surface area contributed by atoms with Crippen molar-refractivity contribution in [3.8, 4) is 0 Å². The molecule has 2 aliphatic carbocycles. The molecule has 6 heteroatoms. The molecule has 2 heterocycles. The summed E-state index contributed by atoms with van der Waals surface area (Å²) in [6.07, 6.45) is 6.93. The number of rotatable bonds is 6.